The van der Waals surface area contributed by atoms with E-state index in [4.69, 9.17) is 12.2 Å². The van der Waals surface area contributed by atoms with Crippen molar-refractivity contribution < 1.29 is 4.79 Å². The van der Waals surface area contributed by atoms with Gasteiger partial charge in [0.25, 0.3) is 0 Å². The highest BCUT2D eigenvalue weighted by molar-refractivity contribution is 7.80. The molecule has 3 aromatic rings. The van der Waals surface area contributed by atoms with Crippen LogP contribution in [0.5, 0.6) is 0 Å². The van der Waals surface area contributed by atoms with Crippen LogP contribution in [0.4, 0.5) is 17.1 Å². The van der Waals surface area contributed by atoms with Gasteiger partial charge >= 0.3 is 0 Å². The largest absolute Gasteiger partial charge is 0.332 e. The molecular formula is C19H17N3OS. The molecule has 3 aromatic carbocycles. The quantitative estimate of drug-likeness (QED) is 0.612. The lowest BCUT2D eigenvalue weighted by Crippen LogP contribution is -2.19. The first kappa shape index (κ1) is 16.0. The van der Waals surface area contributed by atoms with Crippen molar-refractivity contribution >= 4 is 51.1 Å². The van der Waals surface area contributed by atoms with Gasteiger partial charge in [0.2, 0.25) is 5.91 Å². The Bertz CT molecular complexity index is 885. The standard InChI is InChI=1S/C19H17N3OS/c1-13(23)20-15-9-11-16(12-10-15)21-19(24)22-18-8-4-6-14-5-2-3-7-17(14)18/h2-12H,1H3,(H,20,23)(H2,21,22,24). The molecule has 0 aliphatic carbocycles. The maximum Gasteiger partial charge on any atom is 0.221 e. The molecule has 1 amide bonds. The van der Waals surface area contributed by atoms with Crippen LogP contribution in [0.1, 0.15) is 6.92 Å². The molecule has 0 unspecified atom stereocenters. The molecule has 0 aromatic heterocycles. The zero-order valence-corrected chi connectivity index (χ0v) is 14.0. The van der Waals surface area contributed by atoms with E-state index < -0.39 is 0 Å². The van der Waals surface area contributed by atoms with Crippen LogP contribution in [0.2, 0.25) is 0 Å². The molecule has 0 fully saturated rings. The second-order valence-electron chi connectivity index (χ2n) is 5.36. The monoisotopic (exact) mass is 335 g/mol. The van der Waals surface area contributed by atoms with Crippen molar-refractivity contribution in [3.8, 4) is 0 Å². The minimum absolute atomic E-state index is 0.0937. The van der Waals surface area contributed by atoms with Gasteiger partial charge in [-0.05, 0) is 47.9 Å². The number of hydrogen-bond acceptors (Lipinski definition) is 2. The molecule has 0 saturated carbocycles. The van der Waals surface area contributed by atoms with E-state index in [0.29, 0.717) is 5.11 Å². The number of carbonyl (C=O) groups is 1. The van der Waals surface area contributed by atoms with Crippen molar-refractivity contribution in [2.24, 2.45) is 0 Å². The van der Waals surface area contributed by atoms with Gasteiger partial charge in [-0.25, -0.2) is 0 Å². The highest BCUT2D eigenvalue weighted by Crippen LogP contribution is 2.23. The minimum atomic E-state index is -0.0937. The van der Waals surface area contributed by atoms with E-state index in [2.05, 4.69) is 34.1 Å². The maximum absolute atomic E-state index is 11.0. The number of fused-ring (bicyclic) bond motifs is 1. The molecule has 0 aliphatic heterocycles. The van der Waals surface area contributed by atoms with E-state index in [0.717, 1.165) is 27.8 Å². The van der Waals surface area contributed by atoms with Crippen molar-refractivity contribution in [1.29, 1.82) is 0 Å². The molecule has 0 saturated heterocycles. The van der Waals surface area contributed by atoms with Crippen LogP contribution in [0, 0.1) is 0 Å². The van der Waals surface area contributed by atoms with E-state index in [-0.39, 0.29) is 5.91 Å². The summed E-state index contributed by atoms with van der Waals surface area (Å²) in [6.45, 7) is 1.48. The maximum atomic E-state index is 11.0. The van der Waals surface area contributed by atoms with Gasteiger partial charge in [-0.1, -0.05) is 36.4 Å². The molecule has 0 atom stereocenters. The molecule has 120 valence electrons. The molecular weight excluding hydrogens is 318 g/mol. The summed E-state index contributed by atoms with van der Waals surface area (Å²) in [6.07, 6.45) is 0. The van der Waals surface area contributed by atoms with Crippen LogP contribution >= 0.6 is 12.2 Å². The van der Waals surface area contributed by atoms with Crippen LogP contribution in [0.25, 0.3) is 10.8 Å². The van der Waals surface area contributed by atoms with E-state index in [1.807, 2.05) is 48.5 Å². The predicted molar refractivity (Wildman–Crippen MR) is 105 cm³/mol. The molecule has 0 aliphatic rings. The number of benzene rings is 3. The zero-order valence-electron chi connectivity index (χ0n) is 13.2. The lowest BCUT2D eigenvalue weighted by molar-refractivity contribution is -0.114. The number of carbonyl (C=O) groups excluding carboxylic acids is 1. The summed E-state index contributed by atoms with van der Waals surface area (Å²) in [5, 5.41) is 11.9. The van der Waals surface area contributed by atoms with Crippen LogP contribution in [-0.2, 0) is 4.79 Å². The number of anilines is 3. The summed E-state index contributed by atoms with van der Waals surface area (Å²) in [4.78, 5) is 11.0. The molecule has 3 rings (SSSR count). The topological polar surface area (TPSA) is 53.2 Å². The number of amides is 1. The molecule has 3 N–H and O–H groups in total. The summed E-state index contributed by atoms with van der Waals surface area (Å²) in [5.41, 5.74) is 2.56. The third kappa shape index (κ3) is 3.88. The van der Waals surface area contributed by atoms with Crippen LogP contribution in [-0.4, -0.2) is 11.0 Å². The minimum Gasteiger partial charge on any atom is -0.332 e. The summed E-state index contributed by atoms with van der Waals surface area (Å²) in [5.74, 6) is -0.0937. The predicted octanol–water partition coefficient (Wildman–Crippen LogP) is 4.61. The summed E-state index contributed by atoms with van der Waals surface area (Å²) in [7, 11) is 0. The molecule has 0 bridgehead atoms. The van der Waals surface area contributed by atoms with E-state index >= 15 is 0 Å². The van der Waals surface area contributed by atoms with Crippen molar-refractivity contribution in [2.75, 3.05) is 16.0 Å². The van der Waals surface area contributed by atoms with Crippen molar-refractivity contribution in [3.63, 3.8) is 0 Å². The second kappa shape index (κ2) is 7.10. The Morgan fingerprint density at radius 3 is 2.12 bits per heavy atom. The van der Waals surface area contributed by atoms with Gasteiger partial charge in [0.1, 0.15) is 0 Å². The molecule has 0 spiro atoms. The summed E-state index contributed by atoms with van der Waals surface area (Å²) >= 11 is 5.39. The first-order valence-corrected chi connectivity index (χ1v) is 7.96. The lowest BCUT2D eigenvalue weighted by atomic mass is 10.1. The first-order chi connectivity index (χ1) is 11.6. The fraction of sp³-hybridized carbons (Fsp3) is 0.0526. The van der Waals surface area contributed by atoms with Crippen LogP contribution in [0.3, 0.4) is 0 Å². The molecule has 0 radical (unpaired) electrons. The van der Waals surface area contributed by atoms with Gasteiger partial charge in [-0.3, -0.25) is 4.79 Å². The Labute approximate surface area is 145 Å². The Hall–Kier alpha value is -2.92. The molecule has 5 heteroatoms. The van der Waals surface area contributed by atoms with Crippen molar-refractivity contribution in [2.45, 2.75) is 6.92 Å². The molecule has 4 nitrogen and oxygen atoms in total. The SMILES string of the molecule is CC(=O)Nc1ccc(NC(=S)Nc2cccc3ccccc23)cc1. The van der Waals surface area contributed by atoms with Crippen molar-refractivity contribution in [1.82, 2.24) is 0 Å². The fourth-order valence-electron chi connectivity index (χ4n) is 2.46. The summed E-state index contributed by atoms with van der Waals surface area (Å²) < 4.78 is 0. The van der Waals surface area contributed by atoms with Gasteiger partial charge in [0.05, 0.1) is 0 Å². The Balaban J connectivity index is 1.70. The number of nitrogens with one attached hydrogen (secondary N) is 3. The van der Waals surface area contributed by atoms with E-state index in [1.54, 1.807) is 0 Å². The number of thiocarbonyl (C=S) groups is 1. The Kier molecular flexibility index (Phi) is 4.72. The third-order valence-electron chi connectivity index (χ3n) is 3.50. The average molecular weight is 335 g/mol. The summed E-state index contributed by atoms with van der Waals surface area (Å²) in [6, 6.07) is 21.6. The Morgan fingerprint density at radius 1 is 0.792 bits per heavy atom. The Morgan fingerprint density at radius 2 is 1.42 bits per heavy atom. The van der Waals surface area contributed by atoms with Gasteiger partial charge in [0, 0.05) is 29.4 Å². The van der Waals surface area contributed by atoms with Gasteiger partial charge in [-0.15, -0.1) is 0 Å². The van der Waals surface area contributed by atoms with Gasteiger partial charge in [-0.2, -0.15) is 0 Å². The van der Waals surface area contributed by atoms with Crippen molar-refractivity contribution in [3.05, 3.63) is 66.7 Å². The van der Waals surface area contributed by atoms with E-state index in [1.165, 1.54) is 6.92 Å². The zero-order chi connectivity index (χ0) is 16.9. The van der Waals surface area contributed by atoms with Crippen LogP contribution < -0.4 is 16.0 Å². The average Bonchev–Trinajstić information content (AvgIpc) is 2.56. The smallest absolute Gasteiger partial charge is 0.221 e. The number of rotatable bonds is 3. The third-order valence-corrected chi connectivity index (χ3v) is 3.71. The highest BCUT2D eigenvalue weighted by atomic mass is 32.1. The van der Waals surface area contributed by atoms with Gasteiger partial charge in [0.15, 0.2) is 5.11 Å². The lowest BCUT2D eigenvalue weighted by Gasteiger charge is -2.13. The molecule has 24 heavy (non-hydrogen) atoms. The number of hydrogen-bond donors (Lipinski definition) is 3. The molecule has 0 heterocycles. The van der Waals surface area contributed by atoms with E-state index in [9.17, 15) is 4.79 Å². The normalized spacial score (nSPS) is 10.2. The first-order valence-electron chi connectivity index (χ1n) is 7.55. The fourth-order valence-corrected chi connectivity index (χ4v) is 2.69. The second-order valence-corrected chi connectivity index (χ2v) is 5.77. The van der Waals surface area contributed by atoms with Crippen LogP contribution in [0.15, 0.2) is 66.7 Å². The highest BCUT2D eigenvalue weighted by Gasteiger charge is 2.03. The van der Waals surface area contributed by atoms with Gasteiger partial charge < -0.3 is 16.0 Å².